The Hall–Kier alpha value is -1.62. The number of hydrogen-bond donors (Lipinski definition) is 0. The van der Waals surface area contributed by atoms with E-state index in [0.29, 0.717) is 16.2 Å². The first-order valence-electron chi connectivity index (χ1n) is 6.18. The Labute approximate surface area is 119 Å². The van der Waals surface area contributed by atoms with Crippen molar-refractivity contribution in [3.05, 3.63) is 41.3 Å². The van der Waals surface area contributed by atoms with Gasteiger partial charge in [0.15, 0.2) is 0 Å². The molecule has 2 aromatic rings. The fourth-order valence-electron chi connectivity index (χ4n) is 1.60. The summed E-state index contributed by atoms with van der Waals surface area (Å²) in [6.45, 7) is 0.793. The van der Waals surface area contributed by atoms with Crippen molar-refractivity contribution in [1.82, 2.24) is 9.97 Å². The minimum Gasteiger partial charge on any atom is -0.493 e. The van der Waals surface area contributed by atoms with Gasteiger partial charge in [-0.25, -0.2) is 9.97 Å². The molecule has 1 aromatic carbocycles. The highest BCUT2D eigenvalue weighted by Gasteiger charge is 2.21. The predicted octanol–water partition coefficient (Wildman–Crippen LogP) is 3.82. The maximum Gasteiger partial charge on any atom is 0.237 e. The average molecular weight is 321 g/mol. The Morgan fingerprint density at radius 2 is 2.00 bits per heavy atom. The molecule has 0 spiro atoms. The number of halogens is 1. The van der Waals surface area contributed by atoms with Crippen molar-refractivity contribution in [2.75, 3.05) is 6.61 Å². The summed E-state index contributed by atoms with van der Waals surface area (Å²) >= 11 is 3.23. The zero-order valence-electron chi connectivity index (χ0n) is 10.3. The van der Waals surface area contributed by atoms with Crippen LogP contribution in [0.4, 0.5) is 0 Å². The van der Waals surface area contributed by atoms with E-state index < -0.39 is 0 Å². The van der Waals surface area contributed by atoms with Gasteiger partial charge in [0.1, 0.15) is 16.1 Å². The van der Waals surface area contributed by atoms with E-state index in [2.05, 4.69) is 25.9 Å². The lowest BCUT2D eigenvalue weighted by molar-refractivity contribution is 0.298. The van der Waals surface area contributed by atoms with Crippen LogP contribution >= 0.6 is 15.9 Å². The monoisotopic (exact) mass is 320 g/mol. The summed E-state index contributed by atoms with van der Waals surface area (Å²) in [6, 6.07) is 7.58. The maximum absolute atomic E-state index is 5.70. The van der Waals surface area contributed by atoms with Gasteiger partial charge >= 0.3 is 0 Å². The zero-order valence-corrected chi connectivity index (χ0v) is 11.8. The van der Waals surface area contributed by atoms with Gasteiger partial charge in [-0.3, -0.25) is 0 Å². The SMILES string of the molecule is Brc1cnc(Oc2cccc(OCC3CC3)c2)cn1. The number of benzene rings is 1. The van der Waals surface area contributed by atoms with Gasteiger partial charge in [-0.1, -0.05) is 6.07 Å². The van der Waals surface area contributed by atoms with Gasteiger partial charge in [-0.2, -0.15) is 0 Å². The van der Waals surface area contributed by atoms with Crippen LogP contribution in [0.2, 0.25) is 0 Å². The Balaban J connectivity index is 1.66. The lowest BCUT2D eigenvalue weighted by atomic mass is 10.3. The topological polar surface area (TPSA) is 44.2 Å². The summed E-state index contributed by atoms with van der Waals surface area (Å²) < 4.78 is 12.0. The van der Waals surface area contributed by atoms with E-state index in [-0.39, 0.29) is 0 Å². The standard InChI is InChI=1S/C14H13BrN2O2/c15-13-7-17-14(8-16-13)19-12-3-1-2-11(6-12)18-9-10-4-5-10/h1-3,6-8,10H,4-5,9H2. The molecule has 0 aliphatic heterocycles. The van der Waals surface area contributed by atoms with Crippen LogP contribution in [0.25, 0.3) is 0 Å². The van der Waals surface area contributed by atoms with Crippen LogP contribution < -0.4 is 9.47 Å². The summed E-state index contributed by atoms with van der Waals surface area (Å²) in [5, 5.41) is 0. The molecular formula is C14H13BrN2O2. The highest BCUT2D eigenvalue weighted by atomic mass is 79.9. The third-order valence-electron chi connectivity index (χ3n) is 2.81. The second-order valence-corrected chi connectivity index (χ2v) is 5.32. The van der Waals surface area contributed by atoms with Gasteiger partial charge in [0.2, 0.25) is 5.88 Å². The predicted molar refractivity (Wildman–Crippen MR) is 74.5 cm³/mol. The molecule has 0 N–H and O–H groups in total. The van der Waals surface area contributed by atoms with Crippen molar-refractivity contribution in [3.63, 3.8) is 0 Å². The lowest BCUT2D eigenvalue weighted by Gasteiger charge is -2.08. The highest BCUT2D eigenvalue weighted by Crippen LogP contribution is 2.30. The second-order valence-electron chi connectivity index (χ2n) is 4.51. The number of ether oxygens (including phenoxy) is 2. The molecule has 1 aliphatic carbocycles. The number of rotatable bonds is 5. The summed E-state index contributed by atoms with van der Waals surface area (Å²) in [6.07, 6.45) is 5.74. The summed E-state index contributed by atoms with van der Waals surface area (Å²) in [4.78, 5) is 8.18. The van der Waals surface area contributed by atoms with Crippen LogP contribution in [0, 0.1) is 5.92 Å². The van der Waals surface area contributed by atoms with E-state index in [1.165, 1.54) is 12.8 Å². The van der Waals surface area contributed by atoms with E-state index in [1.807, 2.05) is 24.3 Å². The molecule has 1 aromatic heterocycles. The molecule has 1 fully saturated rings. The molecule has 4 nitrogen and oxygen atoms in total. The zero-order chi connectivity index (χ0) is 13.1. The Bertz CT molecular complexity index is 556. The van der Waals surface area contributed by atoms with Crippen LogP contribution in [-0.2, 0) is 0 Å². The van der Waals surface area contributed by atoms with Crippen LogP contribution in [0.15, 0.2) is 41.3 Å². The van der Waals surface area contributed by atoms with E-state index in [4.69, 9.17) is 9.47 Å². The Morgan fingerprint density at radius 1 is 1.16 bits per heavy atom. The minimum atomic E-state index is 0.461. The first kappa shape index (κ1) is 12.4. The molecule has 0 radical (unpaired) electrons. The Kier molecular flexibility index (Phi) is 3.64. The molecule has 1 saturated carbocycles. The minimum absolute atomic E-state index is 0.461. The van der Waals surface area contributed by atoms with E-state index in [9.17, 15) is 0 Å². The molecule has 5 heteroatoms. The Morgan fingerprint density at radius 3 is 2.74 bits per heavy atom. The van der Waals surface area contributed by atoms with Crippen molar-refractivity contribution in [2.24, 2.45) is 5.92 Å². The van der Waals surface area contributed by atoms with Crippen molar-refractivity contribution >= 4 is 15.9 Å². The number of nitrogens with zero attached hydrogens (tertiary/aromatic N) is 2. The first-order valence-corrected chi connectivity index (χ1v) is 6.97. The first-order chi connectivity index (χ1) is 9.29. The molecule has 0 bridgehead atoms. The molecule has 0 unspecified atom stereocenters. The van der Waals surface area contributed by atoms with Crippen molar-refractivity contribution in [1.29, 1.82) is 0 Å². The summed E-state index contributed by atoms with van der Waals surface area (Å²) in [5.41, 5.74) is 0. The normalized spacial score (nSPS) is 14.2. The smallest absolute Gasteiger partial charge is 0.237 e. The van der Waals surface area contributed by atoms with Crippen LogP contribution in [-0.4, -0.2) is 16.6 Å². The van der Waals surface area contributed by atoms with E-state index in [0.717, 1.165) is 18.3 Å². The highest BCUT2D eigenvalue weighted by molar-refractivity contribution is 9.10. The summed E-state index contributed by atoms with van der Waals surface area (Å²) in [7, 11) is 0. The largest absolute Gasteiger partial charge is 0.493 e. The van der Waals surface area contributed by atoms with Gasteiger partial charge in [0.25, 0.3) is 0 Å². The maximum atomic E-state index is 5.70. The summed E-state index contributed by atoms with van der Waals surface area (Å²) in [5.74, 6) is 2.73. The van der Waals surface area contributed by atoms with Gasteiger partial charge in [0, 0.05) is 6.07 Å². The molecule has 0 saturated heterocycles. The van der Waals surface area contributed by atoms with Crippen LogP contribution in [0.1, 0.15) is 12.8 Å². The van der Waals surface area contributed by atoms with Gasteiger partial charge in [0.05, 0.1) is 19.0 Å². The van der Waals surface area contributed by atoms with E-state index in [1.54, 1.807) is 12.4 Å². The fourth-order valence-corrected chi connectivity index (χ4v) is 1.80. The third kappa shape index (κ3) is 3.67. The molecular weight excluding hydrogens is 308 g/mol. The number of aromatic nitrogens is 2. The average Bonchev–Trinajstić information content (AvgIpc) is 3.24. The van der Waals surface area contributed by atoms with Crippen LogP contribution in [0.3, 0.4) is 0 Å². The quantitative estimate of drug-likeness (QED) is 0.840. The van der Waals surface area contributed by atoms with E-state index >= 15 is 0 Å². The van der Waals surface area contributed by atoms with Gasteiger partial charge < -0.3 is 9.47 Å². The molecule has 98 valence electrons. The molecule has 19 heavy (non-hydrogen) atoms. The lowest BCUT2D eigenvalue weighted by Crippen LogP contribution is -1.98. The van der Waals surface area contributed by atoms with Crippen molar-refractivity contribution < 1.29 is 9.47 Å². The van der Waals surface area contributed by atoms with Crippen LogP contribution in [0.5, 0.6) is 17.4 Å². The van der Waals surface area contributed by atoms with Crippen molar-refractivity contribution in [3.8, 4) is 17.4 Å². The number of hydrogen-bond acceptors (Lipinski definition) is 4. The molecule has 0 atom stereocenters. The molecule has 1 aliphatic rings. The van der Waals surface area contributed by atoms with Gasteiger partial charge in [-0.05, 0) is 46.8 Å². The third-order valence-corrected chi connectivity index (χ3v) is 3.22. The molecule has 0 amide bonds. The van der Waals surface area contributed by atoms with Crippen molar-refractivity contribution in [2.45, 2.75) is 12.8 Å². The van der Waals surface area contributed by atoms with Gasteiger partial charge in [-0.15, -0.1) is 0 Å². The second kappa shape index (κ2) is 5.57. The molecule has 3 rings (SSSR count). The fraction of sp³-hybridized carbons (Fsp3) is 0.286. The molecule has 1 heterocycles.